The first-order chi connectivity index (χ1) is 20.2. The Hall–Kier alpha value is -2.71. The Kier molecular flexibility index (Phi) is 9.43. The molecule has 11 heteroatoms. The van der Waals surface area contributed by atoms with Crippen LogP contribution >= 0.6 is 22.6 Å². The quantitative estimate of drug-likeness (QED) is 0.130. The lowest BCUT2D eigenvalue weighted by atomic mass is 9.69. The molecule has 0 saturated carbocycles. The van der Waals surface area contributed by atoms with Gasteiger partial charge in [-0.1, -0.05) is 37.1 Å². The van der Waals surface area contributed by atoms with Crippen LogP contribution in [-0.2, 0) is 14.3 Å². The maximum absolute atomic E-state index is 13.7. The van der Waals surface area contributed by atoms with Crippen molar-refractivity contribution >= 4 is 58.7 Å². The molecule has 2 fully saturated rings. The Morgan fingerprint density at radius 1 is 1.17 bits per heavy atom. The van der Waals surface area contributed by atoms with Crippen molar-refractivity contribution in [2.24, 2.45) is 17.8 Å². The zero-order valence-electron chi connectivity index (χ0n) is 23.6. The van der Waals surface area contributed by atoms with Crippen LogP contribution in [0.15, 0.2) is 53.1 Å². The van der Waals surface area contributed by atoms with Gasteiger partial charge in [-0.05, 0) is 94.7 Å². The molecule has 2 amide bonds. The Labute approximate surface area is 259 Å². The van der Waals surface area contributed by atoms with Gasteiger partial charge < -0.3 is 29.7 Å². The molecule has 0 unspecified atom stereocenters. The summed E-state index contributed by atoms with van der Waals surface area (Å²) in [6, 6.07) is 9.88. The second-order valence-electron chi connectivity index (χ2n) is 11.1. The number of phenolic OH excluding ortho intramolecular Hbond substituents is 1. The van der Waals surface area contributed by atoms with E-state index in [4.69, 9.17) is 9.47 Å². The van der Waals surface area contributed by atoms with E-state index in [-0.39, 0.29) is 41.7 Å². The highest BCUT2D eigenvalue weighted by molar-refractivity contribution is 14.1. The van der Waals surface area contributed by atoms with Crippen LogP contribution in [0.1, 0.15) is 44.6 Å². The van der Waals surface area contributed by atoms with Crippen LogP contribution in [0, 0.1) is 21.3 Å². The molecule has 4 atom stereocenters. The number of allylic oxidation sites excluding steroid dienone is 1. The number of imide groups is 1. The third kappa shape index (κ3) is 5.77. The van der Waals surface area contributed by atoms with Gasteiger partial charge in [-0.3, -0.25) is 14.5 Å². The van der Waals surface area contributed by atoms with Gasteiger partial charge in [0.15, 0.2) is 11.5 Å². The summed E-state index contributed by atoms with van der Waals surface area (Å²) in [6.07, 6.45) is 5.41. The highest BCUT2D eigenvalue weighted by Gasteiger charge is 2.57. The van der Waals surface area contributed by atoms with Gasteiger partial charge in [0, 0.05) is 5.92 Å². The predicted molar refractivity (Wildman–Crippen MR) is 167 cm³/mol. The lowest BCUT2D eigenvalue weighted by molar-refractivity contribution is -0.122. The molecule has 0 bridgehead atoms. The summed E-state index contributed by atoms with van der Waals surface area (Å²) in [5.41, 5.74) is 4.37. The smallest absolute Gasteiger partial charge is 0.488 e. The number of halogens is 1. The number of rotatable bonds is 10. The fourth-order valence-corrected chi connectivity index (χ4v) is 7.30. The van der Waals surface area contributed by atoms with E-state index in [1.54, 1.807) is 12.1 Å². The van der Waals surface area contributed by atoms with E-state index >= 15 is 0 Å². The molecule has 2 aromatic carbocycles. The Balaban J connectivity index is 1.37. The summed E-state index contributed by atoms with van der Waals surface area (Å²) in [7, 11) is -0.191. The van der Waals surface area contributed by atoms with Gasteiger partial charge in [0.1, 0.15) is 0 Å². The van der Waals surface area contributed by atoms with Gasteiger partial charge >= 0.3 is 7.12 Å². The van der Waals surface area contributed by atoms with Crippen molar-refractivity contribution in [3.8, 4) is 11.5 Å². The standard InChI is InChI=1S/C31H35BINO8/c1-3-5-17(10-18-11-24(33)29(36)26(12-18)41-2)8-9-25-27-19(15-35)13-22-28(23(27)16-42-25)31(38)34(30(22)37)21-7-4-6-20(14-21)32(39)40/h4,6-7,10-12,14,22-23,25,28,35-36,39-40H,3,5,8-9,13,15-16H2,1-2H3/b17-10+/t22-,23+,25-,28-/m1/s1. The Morgan fingerprint density at radius 3 is 2.64 bits per heavy atom. The maximum atomic E-state index is 13.7. The van der Waals surface area contributed by atoms with E-state index in [1.807, 2.05) is 12.1 Å². The summed E-state index contributed by atoms with van der Waals surface area (Å²) in [4.78, 5) is 28.4. The monoisotopic (exact) mass is 687 g/mol. The van der Waals surface area contributed by atoms with Crippen LogP contribution in [0.3, 0.4) is 0 Å². The van der Waals surface area contributed by atoms with Gasteiger partial charge in [0.25, 0.3) is 0 Å². The van der Waals surface area contributed by atoms with Crippen molar-refractivity contribution in [3.05, 3.63) is 62.3 Å². The number of aromatic hydroxyl groups is 1. The van der Waals surface area contributed by atoms with Crippen molar-refractivity contribution in [2.75, 3.05) is 25.2 Å². The second-order valence-corrected chi connectivity index (χ2v) is 12.3. The fourth-order valence-electron chi connectivity index (χ4n) is 6.67. The molecule has 222 valence electrons. The third-order valence-electron chi connectivity index (χ3n) is 8.57. The molecule has 0 spiro atoms. The second kappa shape index (κ2) is 12.9. The summed E-state index contributed by atoms with van der Waals surface area (Å²) >= 11 is 2.08. The van der Waals surface area contributed by atoms with E-state index in [9.17, 15) is 29.9 Å². The SMILES string of the molecule is CCC/C(=C\c1cc(I)c(O)c(OC)c1)CC[C@H]1OC[C@H]2C1=C(CO)C[C@H]1C(=O)N(c3cccc(B(O)O)c3)C(=O)[C@H]12. The Morgan fingerprint density at radius 2 is 1.95 bits per heavy atom. The molecular weight excluding hydrogens is 652 g/mol. The topological polar surface area (TPSA) is 137 Å². The lowest BCUT2D eigenvalue weighted by Crippen LogP contribution is -2.35. The highest BCUT2D eigenvalue weighted by Crippen LogP contribution is 2.50. The van der Waals surface area contributed by atoms with Crippen LogP contribution in [0.25, 0.3) is 6.08 Å². The number of anilines is 1. The molecule has 0 radical (unpaired) electrons. The minimum atomic E-state index is -1.72. The normalized spacial score (nSPS) is 23.9. The summed E-state index contributed by atoms with van der Waals surface area (Å²) in [6.45, 7) is 2.22. The molecular formula is C31H35BINO8. The largest absolute Gasteiger partial charge is 0.504 e. The van der Waals surface area contributed by atoms with Crippen molar-refractivity contribution in [1.82, 2.24) is 0 Å². The Bertz CT molecular complexity index is 1440. The van der Waals surface area contributed by atoms with Crippen LogP contribution in [0.4, 0.5) is 5.69 Å². The number of nitrogens with zero attached hydrogens (tertiary/aromatic N) is 1. The summed E-state index contributed by atoms with van der Waals surface area (Å²) in [5.74, 6) is -1.60. The molecule has 2 aliphatic heterocycles. The summed E-state index contributed by atoms with van der Waals surface area (Å²) in [5, 5.41) is 39.7. The number of carbonyl (C=O) groups excluding carboxylic acids is 2. The molecule has 42 heavy (non-hydrogen) atoms. The molecule has 2 saturated heterocycles. The zero-order chi connectivity index (χ0) is 30.1. The molecule has 3 aliphatic rings. The highest BCUT2D eigenvalue weighted by atomic mass is 127. The van der Waals surface area contributed by atoms with Crippen LogP contribution in [-0.4, -0.2) is 65.6 Å². The minimum absolute atomic E-state index is 0.119. The number of amides is 2. The van der Waals surface area contributed by atoms with E-state index in [0.717, 1.165) is 40.9 Å². The average Bonchev–Trinajstić information content (AvgIpc) is 3.51. The van der Waals surface area contributed by atoms with Gasteiger partial charge in [0.05, 0.1) is 47.5 Å². The van der Waals surface area contributed by atoms with Gasteiger partial charge in [0.2, 0.25) is 11.8 Å². The number of ether oxygens (including phenoxy) is 2. The number of hydrogen-bond donors (Lipinski definition) is 4. The van der Waals surface area contributed by atoms with E-state index in [0.29, 0.717) is 34.5 Å². The van der Waals surface area contributed by atoms with Crippen LogP contribution in [0.5, 0.6) is 11.5 Å². The molecule has 5 rings (SSSR count). The number of hydrogen-bond acceptors (Lipinski definition) is 8. The number of phenols is 1. The number of carbonyl (C=O) groups is 2. The van der Waals surface area contributed by atoms with Gasteiger partial charge in [-0.2, -0.15) is 0 Å². The van der Waals surface area contributed by atoms with Crippen molar-refractivity contribution in [2.45, 2.75) is 45.1 Å². The third-order valence-corrected chi connectivity index (χ3v) is 9.39. The number of benzene rings is 2. The van der Waals surface area contributed by atoms with Gasteiger partial charge in [-0.25, -0.2) is 0 Å². The predicted octanol–water partition coefficient (Wildman–Crippen LogP) is 3.16. The zero-order valence-corrected chi connectivity index (χ0v) is 25.8. The molecule has 4 N–H and O–H groups in total. The molecule has 2 aromatic rings. The van der Waals surface area contributed by atoms with Gasteiger partial charge in [-0.15, -0.1) is 0 Å². The van der Waals surface area contributed by atoms with Crippen molar-refractivity contribution in [1.29, 1.82) is 0 Å². The molecule has 9 nitrogen and oxygen atoms in total. The molecule has 0 aromatic heterocycles. The van der Waals surface area contributed by atoms with E-state index in [1.165, 1.54) is 24.8 Å². The number of aliphatic hydroxyl groups excluding tert-OH is 1. The van der Waals surface area contributed by atoms with E-state index < -0.39 is 19.0 Å². The first kappa shape index (κ1) is 30.7. The van der Waals surface area contributed by atoms with E-state index in [2.05, 4.69) is 35.6 Å². The minimum Gasteiger partial charge on any atom is -0.504 e. The number of fused-ring (bicyclic) bond motifs is 3. The average molecular weight is 687 g/mol. The first-order valence-electron chi connectivity index (χ1n) is 14.2. The van der Waals surface area contributed by atoms with Crippen LogP contribution in [0.2, 0.25) is 0 Å². The van der Waals surface area contributed by atoms with Crippen LogP contribution < -0.4 is 15.1 Å². The molecule has 1 aliphatic carbocycles. The number of aliphatic hydroxyl groups is 1. The molecule has 2 heterocycles. The summed E-state index contributed by atoms with van der Waals surface area (Å²) < 4.78 is 12.3. The van der Waals surface area contributed by atoms with Crippen molar-refractivity contribution < 1.29 is 39.3 Å². The van der Waals surface area contributed by atoms with Crippen molar-refractivity contribution in [3.63, 3.8) is 0 Å². The maximum Gasteiger partial charge on any atom is 0.488 e. The first-order valence-corrected chi connectivity index (χ1v) is 15.3. The number of methoxy groups -OCH3 is 1. The lowest BCUT2D eigenvalue weighted by Gasteiger charge is -2.31. The fraction of sp³-hybridized carbons (Fsp3) is 0.419.